The molecular formula is C12H15Cl3O4. The van der Waals surface area contributed by atoms with Crippen molar-refractivity contribution in [1.29, 1.82) is 0 Å². The van der Waals surface area contributed by atoms with Gasteiger partial charge in [-0.2, -0.15) is 0 Å². The maximum Gasteiger partial charge on any atom is 0.337 e. The van der Waals surface area contributed by atoms with Gasteiger partial charge in [0.25, 0.3) is 0 Å². The van der Waals surface area contributed by atoms with Gasteiger partial charge in [0.1, 0.15) is 11.4 Å². The molecule has 2 N–H and O–H groups in total. The van der Waals surface area contributed by atoms with E-state index in [0.29, 0.717) is 5.56 Å². The van der Waals surface area contributed by atoms with Crippen LogP contribution in [0.5, 0.6) is 5.75 Å². The number of phenols is 1. The number of phenolic OH excluding ortho intramolecular Hbond substituents is 1. The number of carbonyl (C=O) groups is 1. The fourth-order valence-corrected chi connectivity index (χ4v) is 0.715. The first-order chi connectivity index (χ1) is 8.49. The molecule has 0 unspecified atom stereocenters. The monoisotopic (exact) mass is 328 g/mol. The van der Waals surface area contributed by atoms with E-state index in [1.807, 2.05) is 0 Å². The lowest BCUT2D eigenvalue weighted by atomic mass is 10.2. The molecule has 1 aromatic carbocycles. The molecular weight excluding hydrogens is 314 g/mol. The largest absolute Gasteiger partial charge is 0.508 e. The average Bonchev–Trinajstić information content (AvgIpc) is 2.27. The molecule has 1 aromatic rings. The maximum absolute atomic E-state index is 10.8. The number of aromatic hydroxyl groups is 1. The van der Waals surface area contributed by atoms with Crippen LogP contribution in [0.15, 0.2) is 24.3 Å². The Bertz CT molecular complexity index is 392. The summed E-state index contributed by atoms with van der Waals surface area (Å²) in [5, 5.41) is 17.8. The number of ether oxygens (including phenoxy) is 1. The minimum absolute atomic E-state index is 0.137. The normalized spacial score (nSPS) is 11.3. The highest BCUT2D eigenvalue weighted by atomic mass is 35.6. The van der Waals surface area contributed by atoms with Crippen LogP contribution in [0.2, 0.25) is 0 Å². The van der Waals surface area contributed by atoms with Gasteiger partial charge < -0.3 is 14.9 Å². The fraction of sp³-hybridized carbons (Fsp3) is 0.417. The van der Waals surface area contributed by atoms with Crippen molar-refractivity contribution in [3.05, 3.63) is 29.8 Å². The lowest BCUT2D eigenvalue weighted by molar-refractivity contribution is 0.0600. The van der Waals surface area contributed by atoms with Crippen LogP contribution in [-0.2, 0) is 4.74 Å². The Morgan fingerprint density at radius 3 is 1.79 bits per heavy atom. The second-order valence-electron chi connectivity index (χ2n) is 4.10. The molecule has 0 aliphatic carbocycles. The second-order valence-corrected chi connectivity index (χ2v) is 6.38. The Morgan fingerprint density at radius 1 is 1.16 bits per heavy atom. The summed E-state index contributed by atoms with van der Waals surface area (Å²) >= 11 is 15.9. The molecule has 1 rings (SSSR count). The van der Waals surface area contributed by atoms with Gasteiger partial charge in [-0.05, 0) is 38.1 Å². The van der Waals surface area contributed by atoms with Gasteiger partial charge in [0.15, 0.2) is 0 Å². The van der Waals surface area contributed by atoms with Gasteiger partial charge in [0.05, 0.1) is 12.7 Å². The van der Waals surface area contributed by atoms with Gasteiger partial charge in [-0.1, -0.05) is 34.8 Å². The second kappa shape index (κ2) is 7.20. The number of alkyl halides is 3. The van der Waals surface area contributed by atoms with Crippen LogP contribution in [0.25, 0.3) is 0 Å². The predicted octanol–water partition coefficient (Wildman–Crippen LogP) is 3.31. The van der Waals surface area contributed by atoms with E-state index in [0.717, 1.165) is 0 Å². The molecule has 0 saturated heterocycles. The summed E-state index contributed by atoms with van der Waals surface area (Å²) < 4.78 is 2.87. The highest BCUT2D eigenvalue weighted by Crippen LogP contribution is 2.37. The molecule has 4 nitrogen and oxygen atoms in total. The van der Waals surface area contributed by atoms with E-state index in [2.05, 4.69) is 4.74 Å². The summed E-state index contributed by atoms with van der Waals surface area (Å²) in [7, 11) is 1.31. The molecule has 0 heterocycles. The first-order valence-corrected chi connectivity index (χ1v) is 6.29. The third kappa shape index (κ3) is 6.87. The van der Waals surface area contributed by atoms with Crippen molar-refractivity contribution < 1.29 is 19.7 Å². The molecule has 0 aromatic heterocycles. The number of hydrogen-bond acceptors (Lipinski definition) is 4. The van der Waals surface area contributed by atoms with Crippen molar-refractivity contribution in [3.8, 4) is 5.75 Å². The van der Waals surface area contributed by atoms with Crippen molar-refractivity contribution in [2.24, 2.45) is 0 Å². The zero-order valence-corrected chi connectivity index (χ0v) is 12.9. The van der Waals surface area contributed by atoms with E-state index < -0.39 is 15.4 Å². The smallest absolute Gasteiger partial charge is 0.337 e. The van der Waals surface area contributed by atoms with Crippen molar-refractivity contribution >= 4 is 40.8 Å². The first-order valence-electron chi connectivity index (χ1n) is 5.15. The van der Waals surface area contributed by atoms with Gasteiger partial charge >= 0.3 is 5.97 Å². The SMILES string of the molecule is CC(C)(O)C(Cl)(Cl)Cl.COC(=O)c1ccc(O)cc1. The van der Waals surface area contributed by atoms with Crippen LogP contribution in [0.4, 0.5) is 0 Å². The number of hydrogen-bond donors (Lipinski definition) is 2. The van der Waals surface area contributed by atoms with E-state index in [1.54, 1.807) is 0 Å². The van der Waals surface area contributed by atoms with Crippen molar-refractivity contribution in [3.63, 3.8) is 0 Å². The van der Waals surface area contributed by atoms with Gasteiger partial charge in [0, 0.05) is 0 Å². The molecule has 0 aliphatic heterocycles. The Morgan fingerprint density at radius 2 is 1.53 bits per heavy atom. The van der Waals surface area contributed by atoms with Gasteiger partial charge in [-0.3, -0.25) is 0 Å². The quantitative estimate of drug-likeness (QED) is 0.613. The Hall–Kier alpha value is -0.680. The molecule has 0 spiro atoms. The van der Waals surface area contributed by atoms with Gasteiger partial charge in [-0.15, -0.1) is 0 Å². The molecule has 0 bridgehead atoms. The van der Waals surface area contributed by atoms with E-state index in [4.69, 9.17) is 45.0 Å². The number of benzene rings is 1. The van der Waals surface area contributed by atoms with Crippen LogP contribution in [0, 0.1) is 0 Å². The van der Waals surface area contributed by atoms with Crippen molar-refractivity contribution in [2.75, 3.05) is 7.11 Å². The highest BCUT2D eigenvalue weighted by Gasteiger charge is 2.38. The first kappa shape index (κ1) is 18.3. The summed E-state index contributed by atoms with van der Waals surface area (Å²) in [5.74, 6) is -0.261. The summed E-state index contributed by atoms with van der Waals surface area (Å²) in [5.41, 5.74) is -0.831. The topological polar surface area (TPSA) is 66.8 Å². The van der Waals surface area contributed by atoms with Crippen LogP contribution in [0.1, 0.15) is 24.2 Å². The fourth-order valence-electron chi connectivity index (χ4n) is 0.715. The third-order valence-corrected chi connectivity index (χ3v) is 3.37. The molecule has 0 aliphatic rings. The molecule has 0 amide bonds. The number of methoxy groups -OCH3 is 1. The minimum Gasteiger partial charge on any atom is -0.508 e. The summed E-state index contributed by atoms with van der Waals surface area (Å²) in [6.07, 6.45) is 0. The molecule has 0 fully saturated rings. The molecule has 0 radical (unpaired) electrons. The van der Waals surface area contributed by atoms with E-state index in [-0.39, 0.29) is 5.75 Å². The molecule has 108 valence electrons. The average molecular weight is 330 g/mol. The predicted molar refractivity (Wildman–Crippen MR) is 76.0 cm³/mol. The standard InChI is InChI=1S/C8H8O3.C4H7Cl3O/c1-11-8(10)6-2-4-7(9)5-3-6;1-3(2,8)4(5,6)7/h2-5,9H,1H3;8H,1-2H3. The van der Waals surface area contributed by atoms with Crippen molar-refractivity contribution in [2.45, 2.75) is 23.2 Å². The van der Waals surface area contributed by atoms with Crippen LogP contribution < -0.4 is 0 Å². The molecule has 0 saturated carbocycles. The number of halogens is 3. The Balaban J connectivity index is 0.000000362. The number of esters is 1. The minimum atomic E-state index is -1.59. The van der Waals surface area contributed by atoms with Crippen LogP contribution in [0.3, 0.4) is 0 Å². The lowest BCUT2D eigenvalue weighted by Crippen LogP contribution is -2.35. The maximum atomic E-state index is 10.8. The number of carbonyl (C=O) groups excluding carboxylic acids is 1. The Labute approximate surface area is 126 Å². The molecule has 7 heteroatoms. The third-order valence-electron chi connectivity index (χ3n) is 1.98. The summed E-state index contributed by atoms with van der Waals surface area (Å²) in [4.78, 5) is 10.8. The molecule has 19 heavy (non-hydrogen) atoms. The Kier molecular flexibility index (Phi) is 6.94. The zero-order valence-electron chi connectivity index (χ0n) is 10.7. The van der Waals surface area contributed by atoms with Crippen molar-refractivity contribution in [1.82, 2.24) is 0 Å². The number of aliphatic hydroxyl groups is 1. The summed E-state index contributed by atoms with van der Waals surface area (Å²) in [6.45, 7) is 2.86. The van der Waals surface area contributed by atoms with E-state index in [9.17, 15) is 4.79 Å². The highest BCUT2D eigenvalue weighted by molar-refractivity contribution is 6.68. The lowest BCUT2D eigenvalue weighted by Gasteiger charge is -2.25. The summed E-state index contributed by atoms with van der Waals surface area (Å²) in [6, 6.07) is 5.88. The van der Waals surface area contributed by atoms with Crippen LogP contribution >= 0.6 is 34.8 Å². The van der Waals surface area contributed by atoms with E-state index >= 15 is 0 Å². The zero-order chi connectivity index (χ0) is 15.3. The molecule has 0 atom stereocenters. The van der Waals surface area contributed by atoms with E-state index in [1.165, 1.54) is 45.2 Å². The van der Waals surface area contributed by atoms with Gasteiger partial charge in [0.2, 0.25) is 3.79 Å². The van der Waals surface area contributed by atoms with Gasteiger partial charge in [-0.25, -0.2) is 4.79 Å². The number of rotatable bonds is 1. The van der Waals surface area contributed by atoms with Crippen LogP contribution in [-0.4, -0.2) is 32.7 Å².